The number of aryl methyl sites for hydroxylation is 2. The zero-order valence-electron chi connectivity index (χ0n) is 14.4. The molecule has 0 spiro atoms. The molecule has 5 nitrogen and oxygen atoms in total. The molecule has 10 heteroatoms. The van der Waals surface area contributed by atoms with E-state index in [0.29, 0.717) is 28.1 Å². The molecule has 0 aliphatic heterocycles. The molecule has 0 saturated carbocycles. The third-order valence-electron chi connectivity index (χ3n) is 5.30. The Morgan fingerprint density at radius 3 is 2.07 bits per heavy atom. The van der Waals surface area contributed by atoms with Crippen LogP contribution in [0.25, 0.3) is 10.2 Å². The van der Waals surface area contributed by atoms with Gasteiger partial charge in [-0.25, -0.2) is 9.78 Å². The molecule has 5 rings (SSSR count). The third-order valence-corrected chi connectivity index (χ3v) is 11.3. The van der Waals surface area contributed by atoms with Crippen LogP contribution in [0.3, 0.4) is 0 Å². The topological polar surface area (TPSA) is 77.2 Å². The summed E-state index contributed by atoms with van der Waals surface area (Å²) < 4.78 is 7.62. The zero-order chi connectivity index (χ0) is 20.6. The van der Waals surface area contributed by atoms with E-state index in [1.165, 1.54) is 11.3 Å². The largest absolute Gasteiger partial charge is 0.406 e. The van der Waals surface area contributed by atoms with Gasteiger partial charge in [0.25, 0.3) is 0 Å². The van der Waals surface area contributed by atoms with Gasteiger partial charge in [0.2, 0.25) is 5.89 Å². The molecular formula is C19H9Br4NO4S. The van der Waals surface area contributed by atoms with Gasteiger partial charge in [0.1, 0.15) is 10.2 Å². The minimum absolute atomic E-state index is 0.140. The fourth-order valence-corrected chi connectivity index (χ4v) is 7.72. The van der Waals surface area contributed by atoms with Crippen molar-refractivity contribution in [2.45, 2.75) is 31.6 Å². The molecule has 0 amide bonds. The van der Waals surface area contributed by atoms with Gasteiger partial charge in [0.05, 0.1) is 0 Å². The summed E-state index contributed by atoms with van der Waals surface area (Å²) in [5.74, 6) is -2.29. The average Bonchev–Trinajstić information content (AvgIpc) is 3.19. The number of carbonyl (C=O) groups is 2. The predicted molar refractivity (Wildman–Crippen MR) is 123 cm³/mol. The molecule has 0 N–H and O–H groups in total. The van der Waals surface area contributed by atoms with Crippen molar-refractivity contribution < 1.29 is 14.0 Å². The zero-order valence-corrected chi connectivity index (χ0v) is 21.6. The van der Waals surface area contributed by atoms with Gasteiger partial charge in [-0.1, -0.05) is 0 Å². The Bertz CT molecular complexity index is 1280. The highest BCUT2D eigenvalue weighted by atomic mass is 79.9. The molecule has 3 aromatic rings. The van der Waals surface area contributed by atoms with Crippen molar-refractivity contribution in [3.05, 3.63) is 55.8 Å². The Kier molecular flexibility index (Phi) is 5.01. The van der Waals surface area contributed by atoms with E-state index in [9.17, 15) is 14.4 Å². The van der Waals surface area contributed by atoms with Gasteiger partial charge in [-0.2, -0.15) is 0 Å². The number of fused-ring (bicyclic) bond motifs is 4. The van der Waals surface area contributed by atoms with E-state index in [-0.39, 0.29) is 17.0 Å². The average molecular weight is 667 g/mol. The van der Waals surface area contributed by atoms with Crippen LogP contribution in [-0.4, -0.2) is 16.6 Å². The lowest BCUT2D eigenvalue weighted by molar-refractivity contribution is 0.0871. The lowest BCUT2D eigenvalue weighted by Gasteiger charge is -2.09. The fourth-order valence-electron chi connectivity index (χ4n) is 3.96. The summed E-state index contributed by atoms with van der Waals surface area (Å²) in [5, 5.41) is 0.497. The number of nitrogens with zero attached hydrogens (tertiary/aromatic N) is 1. The molecule has 0 bridgehead atoms. The predicted octanol–water partition coefficient (Wildman–Crippen LogP) is 6.34. The fraction of sp³-hybridized carbons (Fsp3) is 0.263. The first-order chi connectivity index (χ1) is 13.8. The van der Waals surface area contributed by atoms with E-state index in [1.807, 2.05) is 0 Å². The summed E-state index contributed by atoms with van der Waals surface area (Å²) in [6.07, 6.45) is 3.86. The Labute approximate surface area is 201 Å². The molecule has 0 fully saturated rings. The molecule has 0 saturated heterocycles. The monoisotopic (exact) mass is 663 g/mol. The lowest BCUT2D eigenvalue weighted by atomic mass is 9.97. The molecule has 0 radical (unpaired) electrons. The first-order valence-corrected chi connectivity index (χ1v) is 12.7. The maximum atomic E-state index is 13.2. The molecule has 2 heterocycles. The van der Waals surface area contributed by atoms with Crippen molar-refractivity contribution in [1.29, 1.82) is 0 Å². The number of hydrogen-bond acceptors (Lipinski definition) is 6. The van der Waals surface area contributed by atoms with Crippen molar-refractivity contribution in [3.8, 4) is 0 Å². The van der Waals surface area contributed by atoms with Crippen molar-refractivity contribution in [1.82, 2.24) is 4.98 Å². The molecule has 2 aliphatic rings. The molecule has 0 atom stereocenters. The van der Waals surface area contributed by atoms with Crippen molar-refractivity contribution in [2.24, 2.45) is 0 Å². The molecular weight excluding hydrogens is 658 g/mol. The molecule has 29 heavy (non-hydrogen) atoms. The van der Waals surface area contributed by atoms with Crippen LogP contribution in [0.1, 0.15) is 55.8 Å². The second-order valence-electron chi connectivity index (χ2n) is 6.90. The first kappa shape index (κ1) is 20.2. The molecule has 148 valence electrons. The Balaban J connectivity index is 1.71. The van der Waals surface area contributed by atoms with Gasteiger partial charge >= 0.3 is 5.63 Å². The van der Waals surface area contributed by atoms with Gasteiger partial charge in [0.15, 0.2) is 17.5 Å². The van der Waals surface area contributed by atoms with Gasteiger partial charge in [-0.15, -0.1) is 11.3 Å². The second kappa shape index (κ2) is 7.19. The van der Waals surface area contributed by atoms with Gasteiger partial charge in [-0.3, -0.25) is 9.59 Å². The Morgan fingerprint density at radius 1 is 0.862 bits per heavy atom. The van der Waals surface area contributed by atoms with Gasteiger partial charge in [-0.05, 0) is 95.0 Å². The van der Waals surface area contributed by atoms with Crippen LogP contribution in [0.4, 0.5) is 0 Å². The number of thiophene rings is 1. The summed E-state index contributed by atoms with van der Waals surface area (Å²) in [6.45, 7) is 0. The summed E-state index contributed by atoms with van der Waals surface area (Å²) >= 11 is 15.1. The number of Topliss-reactive ketones (excluding diaryl/α,β-unsaturated/α-hetero) is 2. The summed E-state index contributed by atoms with van der Waals surface area (Å²) in [5.41, 5.74) is 0.977. The maximum absolute atomic E-state index is 13.2. The van der Waals surface area contributed by atoms with E-state index in [2.05, 4.69) is 68.7 Å². The van der Waals surface area contributed by atoms with Gasteiger partial charge in [0, 0.05) is 33.9 Å². The second-order valence-corrected chi connectivity index (χ2v) is 11.2. The number of hydrogen-bond donors (Lipinski definition) is 0. The SMILES string of the molecule is O=C1c2c(Br)c(Br)c(Br)c(Br)c2C(=O)C1c1nc2sc3c(c2c(=O)o1)CCCC3. The molecule has 1 aromatic carbocycles. The highest BCUT2D eigenvalue weighted by Crippen LogP contribution is 2.48. The molecule has 2 aromatic heterocycles. The first-order valence-electron chi connectivity index (χ1n) is 8.71. The van der Waals surface area contributed by atoms with Crippen LogP contribution in [0.5, 0.6) is 0 Å². The summed E-state index contributed by atoms with van der Waals surface area (Å²) in [7, 11) is 0. The van der Waals surface area contributed by atoms with E-state index in [4.69, 9.17) is 4.42 Å². The Hall–Kier alpha value is -0.680. The van der Waals surface area contributed by atoms with E-state index >= 15 is 0 Å². The van der Waals surface area contributed by atoms with Crippen LogP contribution in [0, 0.1) is 0 Å². The standard InChI is InChI=1S/C19H9Br4NO4S/c20-11-8-9(12(21)14(23)13(11)22)16(26)10(15(8)25)17-24-18-7(19(27)28-17)5-3-1-2-4-6(5)29-18/h10H,1-4H2. The number of aromatic nitrogens is 1. The smallest absolute Gasteiger partial charge is 0.348 e. The minimum atomic E-state index is -1.27. The quantitative estimate of drug-likeness (QED) is 0.172. The van der Waals surface area contributed by atoms with Crippen molar-refractivity contribution >= 4 is 96.8 Å². The number of ketones is 2. The van der Waals surface area contributed by atoms with Crippen LogP contribution in [0.2, 0.25) is 0 Å². The van der Waals surface area contributed by atoms with E-state index in [1.54, 1.807) is 0 Å². The minimum Gasteiger partial charge on any atom is -0.406 e. The van der Waals surface area contributed by atoms with E-state index < -0.39 is 23.1 Å². The van der Waals surface area contributed by atoms with Crippen LogP contribution >= 0.6 is 75.1 Å². The highest BCUT2D eigenvalue weighted by Gasteiger charge is 2.46. The highest BCUT2D eigenvalue weighted by molar-refractivity contribution is 9.15. The Morgan fingerprint density at radius 2 is 1.45 bits per heavy atom. The molecule has 0 unspecified atom stereocenters. The third kappa shape index (κ3) is 2.86. The maximum Gasteiger partial charge on any atom is 0.348 e. The van der Waals surface area contributed by atoms with Crippen molar-refractivity contribution in [3.63, 3.8) is 0 Å². The number of rotatable bonds is 1. The lowest BCUT2D eigenvalue weighted by Crippen LogP contribution is -2.17. The number of benzene rings is 1. The van der Waals surface area contributed by atoms with Crippen molar-refractivity contribution in [2.75, 3.05) is 0 Å². The normalized spacial score (nSPS) is 16.6. The van der Waals surface area contributed by atoms with E-state index in [0.717, 1.165) is 36.1 Å². The summed E-state index contributed by atoms with van der Waals surface area (Å²) in [6, 6.07) is 0. The summed E-state index contributed by atoms with van der Waals surface area (Å²) in [4.78, 5) is 45.3. The van der Waals surface area contributed by atoms with Crippen LogP contribution < -0.4 is 5.63 Å². The number of halogens is 4. The van der Waals surface area contributed by atoms with Crippen LogP contribution in [0.15, 0.2) is 27.1 Å². The van der Waals surface area contributed by atoms with Gasteiger partial charge < -0.3 is 4.42 Å². The molecule has 2 aliphatic carbocycles. The number of carbonyl (C=O) groups excluding carboxylic acids is 2. The van der Waals surface area contributed by atoms with Crippen LogP contribution in [-0.2, 0) is 12.8 Å².